The second kappa shape index (κ2) is 5.43. The van der Waals surface area contributed by atoms with Crippen molar-refractivity contribution < 1.29 is 0 Å². The Hall–Kier alpha value is -1.19. The Morgan fingerprint density at radius 1 is 1.32 bits per heavy atom. The van der Waals surface area contributed by atoms with Crippen molar-refractivity contribution in [3.8, 4) is 11.3 Å². The highest BCUT2D eigenvalue weighted by atomic mass is 32.1. The van der Waals surface area contributed by atoms with E-state index in [-0.39, 0.29) is 0 Å². The van der Waals surface area contributed by atoms with Crippen molar-refractivity contribution in [3.05, 3.63) is 39.7 Å². The van der Waals surface area contributed by atoms with E-state index in [1.807, 2.05) is 7.05 Å². The van der Waals surface area contributed by atoms with Gasteiger partial charge in [0, 0.05) is 23.4 Å². The van der Waals surface area contributed by atoms with Gasteiger partial charge in [0.25, 0.3) is 0 Å². The van der Waals surface area contributed by atoms with Gasteiger partial charge in [-0.05, 0) is 43.5 Å². The van der Waals surface area contributed by atoms with Gasteiger partial charge in [-0.2, -0.15) is 0 Å². The van der Waals surface area contributed by atoms with Crippen LogP contribution in [0.25, 0.3) is 11.3 Å². The van der Waals surface area contributed by atoms with Crippen molar-refractivity contribution in [2.45, 2.75) is 32.1 Å². The lowest BCUT2D eigenvalue weighted by Crippen LogP contribution is -2.14. The molecular formula is C16H20N2S. The van der Waals surface area contributed by atoms with Crippen LogP contribution in [0.5, 0.6) is 0 Å². The number of hydrogen-bond donors (Lipinski definition) is 1. The molecule has 1 unspecified atom stereocenters. The van der Waals surface area contributed by atoms with E-state index in [1.54, 1.807) is 11.3 Å². The lowest BCUT2D eigenvalue weighted by molar-refractivity contribution is 0.674. The highest BCUT2D eigenvalue weighted by Crippen LogP contribution is 2.30. The second-order valence-electron chi connectivity index (χ2n) is 5.37. The van der Waals surface area contributed by atoms with Crippen LogP contribution in [0.3, 0.4) is 0 Å². The molecule has 1 heterocycles. The van der Waals surface area contributed by atoms with Crippen LogP contribution in [0.4, 0.5) is 0 Å². The van der Waals surface area contributed by atoms with Gasteiger partial charge >= 0.3 is 0 Å². The fourth-order valence-electron chi connectivity index (χ4n) is 2.77. The van der Waals surface area contributed by atoms with E-state index >= 15 is 0 Å². The standard InChI is InChI=1S/C16H20N2S/c1-11(9-17-2)16-18-15(10-19-16)14-7-6-12-4-3-5-13(12)8-14/h6-8,10-11,17H,3-5,9H2,1-2H3. The average Bonchev–Trinajstić information content (AvgIpc) is 3.07. The molecule has 1 aliphatic rings. The SMILES string of the molecule is CNCC(C)c1nc(-c2ccc3c(c2)CCC3)cs1. The van der Waals surface area contributed by atoms with Gasteiger partial charge in [0.15, 0.2) is 0 Å². The molecule has 3 rings (SSSR count). The van der Waals surface area contributed by atoms with Gasteiger partial charge in [-0.3, -0.25) is 0 Å². The first kappa shape index (κ1) is 12.8. The number of hydrogen-bond acceptors (Lipinski definition) is 3. The summed E-state index contributed by atoms with van der Waals surface area (Å²) in [6.07, 6.45) is 3.79. The summed E-state index contributed by atoms with van der Waals surface area (Å²) in [6.45, 7) is 3.21. The maximum absolute atomic E-state index is 4.80. The third kappa shape index (κ3) is 2.58. The fraction of sp³-hybridized carbons (Fsp3) is 0.438. The normalized spacial score (nSPS) is 15.5. The molecule has 1 aromatic heterocycles. The Labute approximate surface area is 118 Å². The minimum atomic E-state index is 0.484. The number of nitrogens with one attached hydrogen (secondary N) is 1. The van der Waals surface area contributed by atoms with Crippen molar-refractivity contribution in [2.24, 2.45) is 0 Å². The number of rotatable bonds is 4. The first-order chi connectivity index (χ1) is 9.28. The third-order valence-corrected chi connectivity index (χ3v) is 4.92. The predicted molar refractivity (Wildman–Crippen MR) is 81.9 cm³/mol. The van der Waals surface area contributed by atoms with Crippen LogP contribution >= 0.6 is 11.3 Å². The Balaban J connectivity index is 1.86. The molecule has 1 atom stereocenters. The fourth-order valence-corrected chi connectivity index (χ4v) is 3.66. The molecular weight excluding hydrogens is 252 g/mol. The molecule has 1 aromatic carbocycles. The molecule has 1 aliphatic carbocycles. The smallest absolute Gasteiger partial charge is 0.0973 e. The van der Waals surface area contributed by atoms with Gasteiger partial charge in [0.1, 0.15) is 0 Å². The van der Waals surface area contributed by atoms with E-state index in [4.69, 9.17) is 4.98 Å². The minimum Gasteiger partial charge on any atom is -0.319 e. The zero-order valence-corrected chi connectivity index (χ0v) is 12.4. The molecule has 3 heteroatoms. The molecule has 19 heavy (non-hydrogen) atoms. The van der Waals surface area contributed by atoms with Crippen LogP contribution in [-0.2, 0) is 12.8 Å². The minimum absolute atomic E-state index is 0.484. The summed E-state index contributed by atoms with van der Waals surface area (Å²) in [5, 5.41) is 6.63. The van der Waals surface area contributed by atoms with Crippen LogP contribution in [-0.4, -0.2) is 18.6 Å². The zero-order valence-electron chi connectivity index (χ0n) is 11.6. The highest BCUT2D eigenvalue weighted by molar-refractivity contribution is 7.10. The van der Waals surface area contributed by atoms with Crippen LogP contribution < -0.4 is 5.32 Å². The van der Waals surface area contributed by atoms with E-state index in [2.05, 4.69) is 35.8 Å². The highest BCUT2D eigenvalue weighted by Gasteiger charge is 2.14. The van der Waals surface area contributed by atoms with E-state index in [0.29, 0.717) is 5.92 Å². The van der Waals surface area contributed by atoms with E-state index in [9.17, 15) is 0 Å². The molecule has 0 spiro atoms. The Morgan fingerprint density at radius 2 is 2.16 bits per heavy atom. The summed E-state index contributed by atoms with van der Waals surface area (Å²) < 4.78 is 0. The summed E-state index contributed by atoms with van der Waals surface area (Å²) in [4.78, 5) is 4.80. The largest absolute Gasteiger partial charge is 0.319 e. The van der Waals surface area contributed by atoms with Crippen LogP contribution in [0.1, 0.15) is 35.4 Å². The maximum atomic E-state index is 4.80. The third-order valence-electron chi connectivity index (χ3n) is 3.85. The second-order valence-corrected chi connectivity index (χ2v) is 6.26. The molecule has 0 aliphatic heterocycles. The number of aromatic nitrogens is 1. The van der Waals surface area contributed by atoms with E-state index in [0.717, 1.165) is 12.2 Å². The monoisotopic (exact) mass is 272 g/mol. The number of nitrogens with zero attached hydrogens (tertiary/aromatic N) is 1. The van der Waals surface area contributed by atoms with Gasteiger partial charge in [-0.15, -0.1) is 11.3 Å². The number of likely N-dealkylation sites (N-methyl/N-ethyl adjacent to an activating group) is 1. The first-order valence-corrected chi connectivity index (χ1v) is 7.88. The van der Waals surface area contributed by atoms with E-state index in [1.165, 1.54) is 41.0 Å². The Bertz CT molecular complexity index is 574. The molecule has 1 N–H and O–H groups in total. The Morgan fingerprint density at radius 3 is 3.00 bits per heavy atom. The summed E-state index contributed by atoms with van der Waals surface area (Å²) in [5.41, 5.74) is 5.47. The molecule has 0 saturated carbocycles. The lowest BCUT2D eigenvalue weighted by atomic mass is 10.0. The predicted octanol–water partition coefficient (Wildman–Crippen LogP) is 3.62. The number of benzene rings is 1. The van der Waals surface area contributed by atoms with Gasteiger partial charge < -0.3 is 5.32 Å². The van der Waals surface area contributed by atoms with Crippen molar-refractivity contribution in [1.29, 1.82) is 0 Å². The van der Waals surface area contributed by atoms with Crippen LogP contribution in [0.15, 0.2) is 23.6 Å². The molecule has 0 fully saturated rings. The van der Waals surface area contributed by atoms with Crippen molar-refractivity contribution in [2.75, 3.05) is 13.6 Å². The summed E-state index contributed by atoms with van der Waals surface area (Å²) >= 11 is 1.77. The molecule has 0 amide bonds. The average molecular weight is 272 g/mol. The van der Waals surface area contributed by atoms with Gasteiger partial charge in [-0.25, -0.2) is 4.98 Å². The van der Waals surface area contributed by atoms with E-state index < -0.39 is 0 Å². The molecule has 0 radical (unpaired) electrons. The first-order valence-electron chi connectivity index (χ1n) is 7.00. The number of aryl methyl sites for hydroxylation is 2. The van der Waals surface area contributed by atoms with Crippen molar-refractivity contribution in [3.63, 3.8) is 0 Å². The van der Waals surface area contributed by atoms with Gasteiger partial charge in [0.2, 0.25) is 0 Å². The molecule has 100 valence electrons. The number of thiazole rings is 1. The van der Waals surface area contributed by atoms with Crippen LogP contribution in [0, 0.1) is 0 Å². The van der Waals surface area contributed by atoms with Crippen LogP contribution in [0.2, 0.25) is 0 Å². The molecule has 0 saturated heterocycles. The Kier molecular flexibility index (Phi) is 3.67. The summed E-state index contributed by atoms with van der Waals surface area (Å²) in [5.74, 6) is 0.484. The maximum Gasteiger partial charge on any atom is 0.0973 e. The molecule has 2 aromatic rings. The lowest BCUT2D eigenvalue weighted by Gasteiger charge is -2.06. The number of fused-ring (bicyclic) bond motifs is 1. The van der Waals surface area contributed by atoms with Crippen molar-refractivity contribution >= 4 is 11.3 Å². The summed E-state index contributed by atoms with van der Waals surface area (Å²) in [6, 6.07) is 6.85. The molecule has 0 bridgehead atoms. The molecule has 2 nitrogen and oxygen atoms in total. The topological polar surface area (TPSA) is 24.9 Å². The van der Waals surface area contributed by atoms with Gasteiger partial charge in [-0.1, -0.05) is 19.1 Å². The van der Waals surface area contributed by atoms with Gasteiger partial charge in [0.05, 0.1) is 10.7 Å². The van der Waals surface area contributed by atoms with Crippen molar-refractivity contribution in [1.82, 2.24) is 10.3 Å². The quantitative estimate of drug-likeness (QED) is 0.919. The summed E-state index contributed by atoms with van der Waals surface area (Å²) in [7, 11) is 1.99. The zero-order chi connectivity index (χ0) is 13.2.